The third kappa shape index (κ3) is 6.33. The van der Waals surface area contributed by atoms with Gasteiger partial charge in [0.25, 0.3) is 11.5 Å². The van der Waals surface area contributed by atoms with Crippen LogP contribution in [0.15, 0.2) is 99.9 Å². The summed E-state index contributed by atoms with van der Waals surface area (Å²) in [7, 11) is 1.61. The molecule has 10 heteroatoms. The molecule has 0 saturated carbocycles. The van der Waals surface area contributed by atoms with Crippen molar-refractivity contribution in [1.82, 2.24) is 9.47 Å². The van der Waals surface area contributed by atoms with Gasteiger partial charge in [-0.05, 0) is 79.1 Å². The van der Waals surface area contributed by atoms with E-state index in [2.05, 4.69) is 0 Å². The lowest BCUT2D eigenvalue weighted by Crippen LogP contribution is -2.43. The SMILES string of the molecule is CCN(CC)C(=O)C1=C(C)N=c2s/c(=C/c3cccc(OCc4ccc(Cl)c(Cl)c4)c3)c(=O)n2[C@@H]1c1c(OC)ccc2ccccc12. The van der Waals surface area contributed by atoms with E-state index in [4.69, 9.17) is 37.7 Å². The van der Waals surface area contributed by atoms with E-state index in [-0.39, 0.29) is 11.5 Å². The average molecular weight is 687 g/mol. The van der Waals surface area contributed by atoms with Crippen LogP contribution in [0.25, 0.3) is 16.8 Å². The predicted octanol–water partition coefficient (Wildman–Crippen LogP) is 7.15. The molecular formula is C37H33Cl2N3O4S. The number of benzene rings is 4. The van der Waals surface area contributed by atoms with Crippen molar-refractivity contribution in [1.29, 1.82) is 0 Å². The van der Waals surface area contributed by atoms with Gasteiger partial charge < -0.3 is 14.4 Å². The van der Waals surface area contributed by atoms with Gasteiger partial charge in [-0.25, -0.2) is 4.99 Å². The van der Waals surface area contributed by atoms with Crippen LogP contribution in [-0.4, -0.2) is 35.6 Å². The first-order valence-corrected chi connectivity index (χ1v) is 16.9. The summed E-state index contributed by atoms with van der Waals surface area (Å²) in [6.07, 6.45) is 1.83. The minimum absolute atomic E-state index is 0.155. The van der Waals surface area contributed by atoms with Gasteiger partial charge in [-0.3, -0.25) is 14.2 Å². The summed E-state index contributed by atoms with van der Waals surface area (Å²) in [5, 5.41) is 2.83. The molecule has 0 unspecified atom stereocenters. The van der Waals surface area contributed by atoms with Gasteiger partial charge in [0.15, 0.2) is 4.80 Å². The number of aromatic nitrogens is 1. The van der Waals surface area contributed by atoms with Crippen molar-refractivity contribution in [3.63, 3.8) is 0 Å². The van der Waals surface area contributed by atoms with Gasteiger partial charge in [-0.15, -0.1) is 0 Å². The molecule has 0 fully saturated rings. The summed E-state index contributed by atoms with van der Waals surface area (Å²) in [4.78, 5) is 35.7. The Kier molecular flexibility index (Phi) is 9.55. The Balaban J connectivity index is 1.48. The molecule has 0 N–H and O–H groups in total. The van der Waals surface area contributed by atoms with E-state index in [0.29, 0.717) is 61.8 Å². The highest BCUT2D eigenvalue weighted by Crippen LogP contribution is 2.40. The molecule has 0 bridgehead atoms. The van der Waals surface area contributed by atoms with Crippen molar-refractivity contribution in [3.05, 3.63) is 137 Å². The van der Waals surface area contributed by atoms with Gasteiger partial charge in [0, 0.05) is 18.7 Å². The van der Waals surface area contributed by atoms with Crippen molar-refractivity contribution in [2.45, 2.75) is 33.4 Å². The minimum Gasteiger partial charge on any atom is -0.496 e. The maximum Gasteiger partial charge on any atom is 0.271 e. The maximum absolute atomic E-state index is 14.4. The fraction of sp³-hybridized carbons (Fsp3) is 0.216. The van der Waals surface area contributed by atoms with Gasteiger partial charge in [-0.2, -0.15) is 0 Å². The molecule has 2 heterocycles. The first kappa shape index (κ1) is 32.6. The normalized spacial score (nSPS) is 14.6. The molecule has 0 radical (unpaired) electrons. The molecular weight excluding hydrogens is 653 g/mol. The highest BCUT2D eigenvalue weighted by molar-refractivity contribution is 7.07. The van der Waals surface area contributed by atoms with Crippen molar-refractivity contribution in [2.24, 2.45) is 4.99 Å². The number of hydrogen-bond acceptors (Lipinski definition) is 6. The number of nitrogens with zero attached hydrogens (tertiary/aromatic N) is 3. The fourth-order valence-corrected chi connectivity index (χ4v) is 7.29. The van der Waals surface area contributed by atoms with Crippen LogP contribution in [0.4, 0.5) is 0 Å². The van der Waals surface area contributed by atoms with E-state index < -0.39 is 6.04 Å². The zero-order valence-electron chi connectivity index (χ0n) is 26.4. The summed E-state index contributed by atoms with van der Waals surface area (Å²) >= 11 is 13.5. The molecule has 1 aliphatic rings. The Morgan fingerprint density at radius 1 is 1.00 bits per heavy atom. The van der Waals surface area contributed by atoms with Crippen LogP contribution in [0, 0.1) is 0 Å². The van der Waals surface area contributed by atoms with Gasteiger partial charge in [-0.1, -0.05) is 83.1 Å². The summed E-state index contributed by atoms with van der Waals surface area (Å²) in [5.74, 6) is 1.07. The monoisotopic (exact) mass is 685 g/mol. The summed E-state index contributed by atoms with van der Waals surface area (Å²) in [6, 6.07) is 24.0. The summed E-state index contributed by atoms with van der Waals surface area (Å²) in [6.45, 7) is 7.09. The first-order chi connectivity index (χ1) is 22.7. The molecule has 1 aromatic heterocycles. The largest absolute Gasteiger partial charge is 0.496 e. The molecule has 1 amide bonds. The highest BCUT2D eigenvalue weighted by Gasteiger charge is 2.36. The summed E-state index contributed by atoms with van der Waals surface area (Å²) in [5.41, 5.74) is 3.21. The number of carbonyl (C=O) groups excluding carboxylic acids is 1. The topological polar surface area (TPSA) is 73.1 Å². The number of allylic oxidation sites excluding steroid dienone is 1. The van der Waals surface area contributed by atoms with E-state index in [0.717, 1.165) is 27.5 Å². The molecule has 5 aromatic rings. The van der Waals surface area contributed by atoms with Crippen molar-refractivity contribution in [2.75, 3.05) is 20.2 Å². The van der Waals surface area contributed by atoms with E-state index >= 15 is 0 Å². The second-order valence-electron chi connectivity index (χ2n) is 11.1. The Bertz CT molecular complexity index is 2220. The first-order valence-electron chi connectivity index (χ1n) is 15.3. The molecule has 4 aromatic carbocycles. The third-order valence-corrected chi connectivity index (χ3v) is 9.99. The van der Waals surface area contributed by atoms with E-state index in [1.807, 2.05) is 93.6 Å². The number of rotatable bonds is 9. The molecule has 0 spiro atoms. The standard InChI is InChI=1S/C37H33Cl2N3O4S/c1-5-41(6-2)36(44)32-22(3)40-37-42(34(32)33-27-13-8-7-11-25(27)15-17-30(33)45-4)35(43)31(47-37)20-23-10-9-12-26(18-23)46-21-24-14-16-28(38)29(39)19-24/h7-20,34H,5-6,21H2,1-4H3/b31-20+/t34-/m0/s1. The number of amides is 1. The molecule has 47 heavy (non-hydrogen) atoms. The number of likely N-dealkylation sites (N-methyl/N-ethyl adjacent to an activating group) is 1. The lowest BCUT2D eigenvalue weighted by atomic mass is 9.90. The van der Waals surface area contributed by atoms with Crippen LogP contribution in [0.2, 0.25) is 10.0 Å². The van der Waals surface area contributed by atoms with Crippen molar-refractivity contribution in [3.8, 4) is 11.5 Å². The number of fused-ring (bicyclic) bond motifs is 2. The average Bonchev–Trinajstić information content (AvgIpc) is 3.38. The van der Waals surface area contributed by atoms with Crippen molar-refractivity contribution < 1.29 is 14.3 Å². The lowest BCUT2D eigenvalue weighted by Gasteiger charge is -2.30. The Labute approximate surface area is 286 Å². The Morgan fingerprint density at radius 3 is 2.53 bits per heavy atom. The molecule has 1 atom stereocenters. The van der Waals surface area contributed by atoms with Gasteiger partial charge in [0.1, 0.15) is 24.1 Å². The van der Waals surface area contributed by atoms with Crippen LogP contribution in [-0.2, 0) is 11.4 Å². The zero-order valence-corrected chi connectivity index (χ0v) is 28.7. The number of hydrogen-bond donors (Lipinski definition) is 0. The van der Waals surface area contributed by atoms with Crippen LogP contribution in [0.3, 0.4) is 0 Å². The Morgan fingerprint density at radius 2 is 1.79 bits per heavy atom. The van der Waals surface area contributed by atoms with Gasteiger partial charge in [0.2, 0.25) is 0 Å². The number of ether oxygens (including phenoxy) is 2. The fourth-order valence-electron chi connectivity index (χ4n) is 5.93. The van der Waals surface area contributed by atoms with Crippen LogP contribution < -0.4 is 24.4 Å². The molecule has 7 nitrogen and oxygen atoms in total. The minimum atomic E-state index is -0.747. The number of halogens is 2. The second kappa shape index (κ2) is 13.8. The predicted molar refractivity (Wildman–Crippen MR) is 189 cm³/mol. The molecule has 6 rings (SSSR count). The van der Waals surface area contributed by atoms with Crippen LogP contribution in [0.5, 0.6) is 11.5 Å². The van der Waals surface area contributed by atoms with Gasteiger partial charge >= 0.3 is 0 Å². The number of methoxy groups -OCH3 is 1. The van der Waals surface area contributed by atoms with Crippen molar-refractivity contribution >= 4 is 57.3 Å². The second-order valence-corrected chi connectivity index (χ2v) is 12.9. The van der Waals surface area contributed by atoms with Crippen LogP contribution >= 0.6 is 34.5 Å². The molecule has 240 valence electrons. The third-order valence-electron chi connectivity index (χ3n) is 8.27. The van der Waals surface area contributed by atoms with E-state index in [1.54, 1.807) is 28.7 Å². The highest BCUT2D eigenvalue weighted by atomic mass is 35.5. The molecule has 1 aliphatic heterocycles. The molecule has 0 aliphatic carbocycles. The number of carbonyl (C=O) groups is 1. The van der Waals surface area contributed by atoms with Crippen LogP contribution in [0.1, 0.15) is 43.5 Å². The Hall–Kier alpha value is -4.37. The van der Waals surface area contributed by atoms with E-state index in [1.165, 1.54) is 11.3 Å². The smallest absolute Gasteiger partial charge is 0.271 e. The maximum atomic E-state index is 14.4. The molecule has 0 saturated heterocycles. The lowest BCUT2D eigenvalue weighted by molar-refractivity contribution is -0.127. The van der Waals surface area contributed by atoms with Gasteiger partial charge in [0.05, 0.1) is 33.0 Å². The van der Waals surface area contributed by atoms with E-state index in [9.17, 15) is 9.59 Å². The zero-order chi connectivity index (χ0) is 33.2. The number of thiazole rings is 1. The summed E-state index contributed by atoms with van der Waals surface area (Å²) < 4.78 is 14.1. The quantitative estimate of drug-likeness (QED) is 0.165.